The first-order chi connectivity index (χ1) is 12.5. The zero-order valence-corrected chi connectivity index (χ0v) is 17.3. The summed E-state index contributed by atoms with van der Waals surface area (Å²) >= 11 is 15.7. The molecule has 26 heavy (non-hydrogen) atoms. The summed E-state index contributed by atoms with van der Waals surface area (Å²) in [6.45, 7) is 3.22. The third kappa shape index (κ3) is 4.94. The minimum absolute atomic E-state index is 0.384. The molecule has 0 aliphatic heterocycles. The van der Waals surface area contributed by atoms with E-state index in [1.807, 2.05) is 30.3 Å². The van der Waals surface area contributed by atoms with Crippen LogP contribution in [0.3, 0.4) is 0 Å². The van der Waals surface area contributed by atoms with Crippen molar-refractivity contribution < 1.29 is 4.74 Å². The second-order valence-corrected chi connectivity index (χ2v) is 7.66. The van der Waals surface area contributed by atoms with E-state index >= 15 is 0 Å². The van der Waals surface area contributed by atoms with Crippen LogP contribution in [0.4, 0.5) is 5.69 Å². The van der Waals surface area contributed by atoms with Gasteiger partial charge in [-0.3, -0.25) is 0 Å². The Bertz CT molecular complexity index is 914. The molecule has 134 valence electrons. The maximum atomic E-state index is 6.19. The zero-order valence-electron chi connectivity index (χ0n) is 14.2. The van der Waals surface area contributed by atoms with Crippen LogP contribution in [0, 0.1) is 6.92 Å². The number of halogens is 3. The van der Waals surface area contributed by atoms with Gasteiger partial charge in [-0.1, -0.05) is 53.5 Å². The van der Waals surface area contributed by atoms with Gasteiger partial charge in [0, 0.05) is 27.8 Å². The lowest BCUT2D eigenvalue weighted by Gasteiger charge is -2.13. The quantitative estimate of drug-likeness (QED) is 0.426. The average molecular weight is 451 g/mol. The molecule has 1 N–H and O–H groups in total. The van der Waals surface area contributed by atoms with E-state index in [9.17, 15) is 0 Å². The SMILES string of the molecule is Cc1ccccc1NCc1ccc(OCc2ccc(Cl)cc2Cl)c(Br)c1. The van der Waals surface area contributed by atoms with Crippen molar-refractivity contribution in [2.75, 3.05) is 5.32 Å². The molecular weight excluding hydrogens is 433 g/mol. The summed E-state index contributed by atoms with van der Waals surface area (Å²) in [6.07, 6.45) is 0. The lowest BCUT2D eigenvalue weighted by atomic mass is 10.1. The molecule has 3 rings (SSSR count). The fraction of sp³-hybridized carbons (Fsp3) is 0.143. The molecule has 3 aromatic carbocycles. The molecule has 0 amide bonds. The second-order valence-electron chi connectivity index (χ2n) is 5.96. The van der Waals surface area contributed by atoms with Crippen LogP contribution in [0.1, 0.15) is 16.7 Å². The molecule has 0 saturated heterocycles. The molecule has 0 aliphatic rings. The largest absolute Gasteiger partial charge is 0.488 e. The third-order valence-electron chi connectivity index (χ3n) is 4.02. The van der Waals surface area contributed by atoms with Crippen LogP contribution in [0.5, 0.6) is 5.75 Å². The molecule has 2 nitrogen and oxygen atoms in total. The highest BCUT2D eigenvalue weighted by Crippen LogP contribution is 2.29. The van der Waals surface area contributed by atoms with Crippen LogP contribution >= 0.6 is 39.1 Å². The first-order valence-electron chi connectivity index (χ1n) is 8.17. The fourth-order valence-electron chi connectivity index (χ4n) is 2.53. The van der Waals surface area contributed by atoms with Gasteiger partial charge in [0.1, 0.15) is 12.4 Å². The van der Waals surface area contributed by atoms with Gasteiger partial charge in [-0.25, -0.2) is 0 Å². The van der Waals surface area contributed by atoms with Gasteiger partial charge in [-0.15, -0.1) is 0 Å². The van der Waals surface area contributed by atoms with Crippen molar-refractivity contribution in [3.8, 4) is 5.75 Å². The molecule has 5 heteroatoms. The fourth-order valence-corrected chi connectivity index (χ4v) is 3.54. The van der Waals surface area contributed by atoms with E-state index in [0.29, 0.717) is 16.7 Å². The topological polar surface area (TPSA) is 21.3 Å². The van der Waals surface area contributed by atoms with E-state index < -0.39 is 0 Å². The molecule has 0 fully saturated rings. The van der Waals surface area contributed by atoms with Crippen molar-refractivity contribution >= 4 is 44.8 Å². The molecule has 0 aliphatic carbocycles. The maximum absolute atomic E-state index is 6.19. The van der Waals surface area contributed by atoms with E-state index in [2.05, 4.69) is 52.4 Å². The van der Waals surface area contributed by atoms with Crippen molar-refractivity contribution in [2.24, 2.45) is 0 Å². The molecule has 0 aromatic heterocycles. The van der Waals surface area contributed by atoms with Gasteiger partial charge in [0.2, 0.25) is 0 Å². The Hall–Kier alpha value is -1.68. The predicted octanol–water partition coefficient (Wildman–Crippen LogP) is 7.26. The lowest BCUT2D eigenvalue weighted by Crippen LogP contribution is -2.02. The van der Waals surface area contributed by atoms with Gasteiger partial charge in [-0.05, 0) is 64.3 Å². The van der Waals surface area contributed by atoms with Crippen molar-refractivity contribution in [1.82, 2.24) is 0 Å². The smallest absolute Gasteiger partial charge is 0.134 e. The highest BCUT2D eigenvalue weighted by Gasteiger charge is 2.06. The van der Waals surface area contributed by atoms with Crippen LogP contribution in [0.2, 0.25) is 10.0 Å². The third-order valence-corrected chi connectivity index (χ3v) is 5.23. The lowest BCUT2D eigenvalue weighted by molar-refractivity contribution is 0.304. The standard InChI is InChI=1S/C21H18BrCl2NO/c1-14-4-2-3-5-20(14)25-12-15-6-9-21(18(22)10-15)26-13-16-7-8-17(23)11-19(16)24/h2-11,25H,12-13H2,1H3. The summed E-state index contributed by atoms with van der Waals surface area (Å²) in [5.74, 6) is 0.774. The summed E-state index contributed by atoms with van der Waals surface area (Å²) in [4.78, 5) is 0. The Morgan fingerprint density at radius 1 is 1.00 bits per heavy atom. The van der Waals surface area contributed by atoms with Gasteiger partial charge in [0.15, 0.2) is 0 Å². The molecule has 0 saturated carbocycles. The van der Waals surface area contributed by atoms with Gasteiger partial charge in [-0.2, -0.15) is 0 Å². The van der Waals surface area contributed by atoms with Gasteiger partial charge in [0.25, 0.3) is 0 Å². The Labute approximate surface area is 172 Å². The van der Waals surface area contributed by atoms with Gasteiger partial charge >= 0.3 is 0 Å². The molecule has 0 bridgehead atoms. The number of hydrogen-bond acceptors (Lipinski definition) is 2. The summed E-state index contributed by atoms with van der Waals surface area (Å²) in [6, 6.07) is 19.7. The predicted molar refractivity (Wildman–Crippen MR) is 113 cm³/mol. The number of anilines is 1. The van der Waals surface area contributed by atoms with Crippen LogP contribution < -0.4 is 10.1 Å². The number of nitrogens with one attached hydrogen (secondary N) is 1. The Kier molecular flexibility index (Phi) is 6.47. The maximum Gasteiger partial charge on any atom is 0.134 e. The molecule has 0 radical (unpaired) electrons. The first-order valence-corrected chi connectivity index (χ1v) is 9.72. The average Bonchev–Trinajstić information content (AvgIpc) is 2.61. The van der Waals surface area contributed by atoms with Crippen molar-refractivity contribution in [2.45, 2.75) is 20.1 Å². The first kappa shape index (κ1) is 19.1. The summed E-state index contributed by atoms with van der Waals surface area (Å²) in [7, 11) is 0. The van der Waals surface area contributed by atoms with Crippen molar-refractivity contribution in [3.05, 3.63) is 91.9 Å². The molecule has 0 unspecified atom stereocenters. The van der Waals surface area contributed by atoms with Crippen molar-refractivity contribution in [1.29, 1.82) is 0 Å². The summed E-state index contributed by atoms with van der Waals surface area (Å²) in [5.41, 5.74) is 4.43. The molecular formula is C21H18BrCl2NO. The van der Waals surface area contributed by atoms with Crippen molar-refractivity contribution in [3.63, 3.8) is 0 Å². The Morgan fingerprint density at radius 3 is 2.54 bits per heavy atom. The summed E-state index contributed by atoms with van der Waals surface area (Å²) < 4.78 is 6.79. The normalized spacial score (nSPS) is 10.6. The molecule has 0 spiro atoms. The molecule has 0 atom stereocenters. The zero-order chi connectivity index (χ0) is 18.5. The van der Waals surface area contributed by atoms with Gasteiger partial charge < -0.3 is 10.1 Å². The Balaban J connectivity index is 1.63. The Morgan fingerprint density at radius 2 is 1.81 bits per heavy atom. The number of rotatable bonds is 6. The molecule has 3 aromatic rings. The number of benzene rings is 3. The molecule has 0 heterocycles. The number of aryl methyl sites for hydroxylation is 1. The van der Waals surface area contributed by atoms with Crippen LogP contribution in [0.15, 0.2) is 65.1 Å². The van der Waals surface area contributed by atoms with E-state index in [1.165, 1.54) is 5.56 Å². The van der Waals surface area contributed by atoms with E-state index in [0.717, 1.165) is 33.6 Å². The van der Waals surface area contributed by atoms with E-state index in [4.69, 9.17) is 27.9 Å². The monoisotopic (exact) mass is 449 g/mol. The van der Waals surface area contributed by atoms with E-state index in [-0.39, 0.29) is 0 Å². The summed E-state index contributed by atoms with van der Waals surface area (Å²) in [5, 5.41) is 4.68. The van der Waals surface area contributed by atoms with Crippen LogP contribution in [-0.2, 0) is 13.2 Å². The minimum atomic E-state index is 0.384. The second kappa shape index (κ2) is 8.81. The highest BCUT2D eigenvalue weighted by molar-refractivity contribution is 9.10. The number of para-hydroxylation sites is 1. The van der Waals surface area contributed by atoms with Crippen LogP contribution in [-0.4, -0.2) is 0 Å². The number of hydrogen-bond donors (Lipinski definition) is 1. The van der Waals surface area contributed by atoms with Crippen LogP contribution in [0.25, 0.3) is 0 Å². The minimum Gasteiger partial charge on any atom is -0.488 e. The van der Waals surface area contributed by atoms with E-state index in [1.54, 1.807) is 6.07 Å². The number of ether oxygens (including phenoxy) is 1. The van der Waals surface area contributed by atoms with Gasteiger partial charge in [0.05, 0.1) is 4.47 Å². The highest BCUT2D eigenvalue weighted by atomic mass is 79.9.